The van der Waals surface area contributed by atoms with Crippen molar-refractivity contribution < 1.29 is 14.2 Å². The molecular weight excluding hydrogens is 322 g/mol. The van der Waals surface area contributed by atoms with E-state index in [9.17, 15) is 4.79 Å². The fourth-order valence-electron chi connectivity index (χ4n) is 2.90. The molecule has 0 saturated heterocycles. The molecule has 0 amide bonds. The highest BCUT2D eigenvalue weighted by atomic mass is 16.5. The highest BCUT2D eigenvalue weighted by Crippen LogP contribution is 2.40. The molecule has 7 heteroatoms. The van der Waals surface area contributed by atoms with E-state index in [1.54, 1.807) is 44.6 Å². The van der Waals surface area contributed by atoms with Gasteiger partial charge in [0.2, 0.25) is 5.75 Å². The summed E-state index contributed by atoms with van der Waals surface area (Å²) < 4.78 is 19.3. The third-order valence-corrected chi connectivity index (χ3v) is 4.23. The number of nitrogens with zero attached hydrogens (tertiary/aromatic N) is 2. The van der Waals surface area contributed by atoms with Crippen LogP contribution in [0, 0.1) is 0 Å². The number of hydrogen-bond donors (Lipinski definition) is 1. The van der Waals surface area contributed by atoms with Crippen LogP contribution in [0.1, 0.15) is 0 Å². The Balaban J connectivity index is 2.04. The predicted octanol–water partition coefficient (Wildman–Crippen LogP) is 2.65. The molecule has 0 atom stereocenters. The van der Waals surface area contributed by atoms with E-state index >= 15 is 0 Å². The topological polar surface area (TPSA) is 66.7 Å². The summed E-state index contributed by atoms with van der Waals surface area (Å²) in [5.41, 5.74) is 3.31. The molecule has 1 N–H and O–H groups in total. The molecule has 1 heterocycles. The standard InChI is InChI=1S/C18H21N3O4/c1-20-13-7-6-11(8-14(13)21(2)18(20)22)19-12-9-15(23-3)17(25-5)16(10-12)24-4/h6-10,19H,1-5H3. The van der Waals surface area contributed by atoms with Crippen LogP contribution in [0.15, 0.2) is 35.1 Å². The van der Waals surface area contributed by atoms with Gasteiger partial charge in [-0.25, -0.2) is 4.79 Å². The molecule has 2 aromatic carbocycles. The molecule has 0 saturated carbocycles. The minimum atomic E-state index is -0.0556. The zero-order valence-electron chi connectivity index (χ0n) is 14.9. The zero-order chi connectivity index (χ0) is 18.1. The maximum absolute atomic E-state index is 12.1. The van der Waals surface area contributed by atoms with Gasteiger partial charge in [-0.1, -0.05) is 0 Å². The van der Waals surface area contributed by atoms with Crippen LogP contribution in [0.5, 0.6) is 17.2 Å². The van der Waals surface area contributed by atoms with E-state index in [2.05, 4.69) is 5.32 Å². The molecule has 0 aliphatic rings. The average Bonchev–Trinajstić information content (AvgIpc) is 2.85. The van der Waals surface area contributed by atoms with Crippen molar-refractivity contribution in [1.82, 2.24) is 9.13 Å². The molecule has 0 bridgehead atoms. The number of nitrogens with one attached hydrogen (secondary N) is 1. The van der Waals surface area contributed by atoms with Crippen LogP contribution in [0.2, 0.25) is 0 Å². The Morgan fingerprint density at radius 1 is 0.800 bits per heavy atom. The maximum Gasteiger partial charge on any atom is 0.328 e. The Hall–Kier alpha value is -3.09. The molecule has 1 aromatic heterocycles. The van der Waals surface area contributed by atoms with E-state index in [0.29, 0.717) is 17.2 Å². The van der Waals surface area contributed by atoms with Crippen LogP contribution in [0.4, 0.5) is 11.4 Å². The summed E-state index contributed by atoms with van der Waals surface area (Å²) in [6.45, 7) is 0. The molecule has 7 nitrogen and oxygen atoms in total. The highest BCUT2D eigenvalue weighted by molar-refractivity contribution is 5.82. The third-order valence-electron chi connectivity index (χ3n) is 4.23. The lowest BCUT2D eigenvalue weighted by atomic mass is 10.2. The molecule has 0 unspecified atom stereocenters. The monoisotopic (exact) mass is 343 g/mol. The van der Waals surface area contributed by atoms with Crippen molar-refractivity contribution in [3.05, 3.63) is 40.8 Å². The van der Waals surface area contributed by atoms with Gasteiger partial charge in [-0.15, -0.1) is 0 Å². The number of imidazole rings is 1. The second-order valence-electron chi connectivity index (χ2n) is 5.64. The lowest BCUT2D eigenvalue weighted by Gasteiger charge is -2.15. The van der Waals surface area contributed by atoms with Crippen LogP contribution in [-0.2, 0) is 14.1 Å². The van der Waals surface area contributed by atoms with Crippen molar-refractivity contribution >= 4 is 22.4 Å². The fourth-order valence-corrected chi connectivity index (χ4v) is 2.90. The average molecular weight is 343 g/mol. The number of ether oxygens (including phenoxy) is 3. The molecule has 132 valence electrons. The second kappa shape index (κ2) is 6.43. The molecule has 0 spiro atoms. The van der Waals surface area contributed by atoms with Gasteiger partial charge in [0.15, 0.2) is 11.5 Å². The van der Waals surface area contributed by atoms with Gasteiger partial charge in [0.1, 0.15) is 0 Å². The lowest BCUT2D eigenvalue weighted by molar-refractivity contribution is 0.324. The summed E-state index contributed by atoms with van der Waals surface area (Å²) in [6.07, 6.45) is 0. The zero-order valence-corrected chi connectivity index (χ0v) is 14.9. The largest absolute Gasteiger partial charge is 0.493 e. The first-order chi connectivity index (χ1) is 12.0. The third kappa shape index (κ3) is 2.77. The Morgan fingerprint density at radius 3 is 1.96 bits per heavy atom. The number of rotatable bonds is 5. The van der Waals surface area contributed by atoms with E-state index < -0.39 is 0 Å². The van der Waals surface area contributed by atoms with E-state index in [1.807, 2.05) is 30.3 Å². The van der Waals surface area contributed by atoms with Gasteiger partial charge in [-0.05, 0) is 18.2 Å². The van der Waals surface area contributed by atoms with Gasteiger partial charge >= 0.3 is 5.69 Å². The molecule has 0 radical (unpaired) electrons. The number of aryl methyl sites for hydroxylation is 2. The number of anilines is 2. The molecule has 3 aromatic rings. The number of benzene rings is 2. The van der Waals surface area contributed by atoms with Gasteiger partial charge in [-0.2, -0.15) is 0 Å². The molecule has 0 fully saturated rings. The van der Waals surface area contributed by atoms with Gasteiger partial charge in [0, 0.05) is 37.6 Å². The van der Waals surface area contributed by atoms with Crippen LogP contribution in [0.25, 0.3) is 11.0 Å². The summed E-state index contributed by atoms with van der Waals surface area (Å²) in [5.74, 6) is 1.67. The fraction of sp³-hybridized carbons (Fsp3) is 0.278. The molecular formula is C18H21N3O4. The smallest absolute Gasteiger partial charge is 0.328 e. The van der Waals surface area contributed by atoms with Crippen LogP contribution >= 0.6 is 0 Å². The van der Waals surface area contributed by atoms with E-state index in [1.165, 1.54) is 0 Å². The normalized spacial score (nSPS) is 10.8. The molecule has 0 aliphatic carbocycles. The van der Waals surface area contributed by atoms with Gasteiger partial charge < -0.3 is 19.5 Å². The Bertz CT molecular complexity index is 963. The van der Waals surface area contributed by atoms with Crippen molar-refractivity contribution in [2.24, 2.45) is 14.1 Å². The first-order valence-electron chi connectivity index (χ1n) is 7.72. The van der Waals surface area contributed by atoms with Crippen molar-refractivity contribution in [1.29, 1.82) is 0 Å². The molecule has 3 rings (SSSR count). The van der Waals surface area contributed by atoms with Gasteiger partial charge in [0.05, 0.1) is 32.4 Å². The first-order valence-corrected chi connectivity index (χ1v) is 7.72. The predicted molar refractivity (Wildman–Crippen MR) is 97.5 cm³/mol. The van der Waals surface area contributed by atoms with Crippen molar-refractivity contribution in [3.8, 4) is 17.2 Å². The quantitative estimate of drug-likeness (QED) is 0.771. The number of aromatic nitrogens is 2. The second-order valence-corrected chi connectivity index (χ2v) is 5.64. The molecule has 25 heavy (non-hydrogen) atoms. The number of methoxy groups -OCH3 is 3. The minimum absolute atomic E-state index is 0.0556. The van der Waals surface area contributed by atoms with Crippen LogP contribution in [-0.4, -0.2) is 30.5 Å². The van der Waals surface area contributed by atoms with Crippen molar-refractivity contribution in [3.63, 3.8) is 0 Å². The Kier molecular flexibility index (Phi) is 4.31. The summed E-state index contributed by atoms with van der Waals surface area (Å²) >= 11 is 0. The van der Waals surface area contributed by atoms with Gasteiger partial charge in [-0.3, -0.25) is 9.13 Å². The summed E-state index contributed by atoms with van der Waals surface area (Å²) in [7, 11) is 8.24. The van der Waals surface area contributed by atoms with E-state index in [0.717, 1.165) is 22.4 Å². The maximum atomic E-state index is 12.1. The van der Waals surface area contributed by atoms with Crippen LogP contribution in [0.3, 0.4) is 0 Å². The van der Waals surface area contributed by atoms with Crippen LogP contribution < -0.4 is 25.2 Å². The Labute approximate surface area is 145 Å². The van der Waals surface area contributed by atoms with E-state index in [4.69, 9.17) is 14.2 Å². The number of hydrogen-bond acceptors (Lipinski definition) is 5. The summed E-state index contributed by atoms with van der Waals surface area (Å²) in [5, 5.41) is 3.31. The molecule has 0 aliphatic heterocycles. The van der Waals surface area contributed by atoms with Gasteiger partial charge in [0.25, 0.3) is 0 Å². The Morgan fingerprint density at radius 2 is 1.40 bits per heavy atom. The first kappa shape index (κ1) is 16.8. The SMILES string of the molecule is COc1cc(Nc2ccc3c(c2)n(C)c(=O)n3C)cc(OC)c1OC. The summed E-state index contributed by atoms with van der Waals surface area (Å²) in [4.78, 5) is 12.1. The lowest BCUT2D eigenvalue weighted by Crippen LogP contribution is -2.19. The van der Waals surface area contributed by atoms with Crippen molar-refractivity contribution in [2.45, 2.75) is 0 Å². The highest BCUT2D eigenvalue weighted by Gasteiger charge is 2.14. The van der Waals surface area contributed by atoms with E-state index in [-0.39, 0.29) is 5.69 Å². The van der Waals surface area contributed by atoms with Crippen molar-refractivity contribution in [2.75, 3.05) is 26.6 Å². The summed E-state index contributed by atoms with van der Waals surface area (Å²) in [6, 6.07) is 9.42. The number of fused-ring (bicyclic) bond motifs is 1. The minimum Gasteiger partial charge on any atom is -0.493 e.